The molecule has 1 N–H and O–H groups in total. The van der Waals surface area contributed by atoms with Crippen molar-refractivity contribution in [1.82, 2.24) is 4.90 Å². The minimum Gasteiger partial charge on any atom is -0.331 e. The first-order valence-corrected chi connectivity index (χ1v) is 11.3. The third kappa shape index (κ3) is 5.14. The quantitative estimate of drug-likeness (QED) is 0.534. The molecule has 8 heteroatoms. The number of thiophene rings is 1. The zero-order valence-electron chi connectivity index (χ0n) is 16.0. The highest BCUT2D eigenvalue weighted by molar-refractivity contribution is 7.94. The Bertz CT molecular complexity index is 1180. The largest absolute Gasteiger partial charge is 0.331 e. The minimum absolute atomic E-state index is 0.202. The first-order valence-electron chi connectivity index (χ1n) is 8.98. The van der Waals surface area contributed by atoms with E-state index < -0.39 is 10.0 Å². The number of anilines is 1. The smallest absolute Gasteiger partial charge is 0.271 e. The lowest BCUT2D eigenvalue weighted by Gasteiger charge is -2.22. The van der Waals surface area contributed by atoms with Gasteiger partial charge in [0, 0.05) is 24.3 Å². The number of nitrogens with one attached hydrogen (secondary N) is 1. The molecular formula is C22H19N3O3S2. The van der Waals surface area contributed by atoms with E-state index in [1.807, 2.05) is 0 Å². The Balaban J connectivity index is 1.80. The second kappa shape index (κ2) is 9.39. The molecule has 0 spiro atoms. The van der Waals surface area contributed by atoms with Crippen molar-refractivity contribution in [2.24, 2.45) is 0 Å². The second-order valence-corrected chi connectivity index (χ2v) is 9.26. The molecule has 0 unspecified atom stereocenters. The normalized spacial score (nSPS) is 10.8. The lowest BCUT2D eigenvalue weighted by Crippen LogP contribution is -2.30. The van der Waals surface area contributed by atoms with Gasteiger partial charge in [-0.05, 0) is 47.3 Å². The van der Waals surface area contributed by atoms with E-state index in [1.54, 1.807) is 64.9 Å². The molecule has 0 bridgehead atoms. The van der Waals surface area contributed by atoms with Crippen molar-refractivity contribution in [1.29, 1.82) is 5.26 Å². The van der Waals surface area contributed by atoms with Gasteiger partial charge in [0.1, 0.15) is 4.21 Å². The number of sulfonamides is 1. The predicted octanol–water partition coefficient (Wildman–Crippen LogP) is 4.25. The van der Waals surface area contributed by atoms with Crippen LogP contribution in [0.2, 0.25) is 0 Å². The zero-order valence-corrected chi connectivity index (χ0v) is 17.6. The average Bonchev–Trinajstić information content (AvgIpc) is 3.29. The molecule has 1 aromatic heterocycles. The highest BCUT2D eigenvalue weighted by Gasteiger charge is 2.18. The van der Waals surface area contributed by atoms with Gasteiger partial charge in [-0.15, -0.1) is 17.9 Å². The van der Waals surface area contributed by atoms with Crippen molar-refractivity contribution in [3.8, 4) is 6.07 Å². The van der Waals surface area contributed by atoms with Crippen LogP contribution in [-0.4, -0.2) is 25.8 Å². The molecular weight excluding hydrogens is 418 g/mol. The number of amides is 1. The van der Waals surface area contributed by atoms with Crippen molar-refractivity contribution < 1.29 is 13.2 Å². The molecule has 0 saturated heterocycles. The van der Waals surface area contributed by atoms with Crippen LogP contribution >= 0.6 is 11.3 Å². The van der Waals surface area contributed by atoms with Crippen LogP contribution < -0.4 is 4.72 Å². The zero-order chi connectivity index (χ0) is 21.6. The Morgan fingerprint density at radius 1 is 1.17 bits per heavy atom. The molecule has 0 aliphatic carbocycles. The number of hydrogen-bond donors (Lipinski definition) is 1. The number of nitriles is 1. The monoisotopic (exact) mass is 437 g/mol. The lowest BCUT2D eigenvalue weighted by atomic mass is 10.1. The fraction of sp³-hybridized carbons (Fsp3) is 0.0909. The summed E-state index contributed by atoms with van der Waals surface area (Å²) in [6.07, 6.45) is 1.63. The first kappa shape index (κ1) is 21.3. The summed E-state index contributed by atoms with van der Waals surface area (Å²) in [5, 5.41) is 10.6. The summed E-state index contributed by atoms with van der Waals surface area (Å²) in [6.45, 7) is 4.37. The maximum absolute atomic E-state index is 13.1. The van der Waals surface area contributed by atoms with Crippen LogP contribution in [0, 0.1) is 11.3 Å². The van der Waals surface area contributed by atoms with E-state index in [4.69, 9.17) is 5.26 Å². The Kier molecular flexibility index (Phi) is 6.67. The van der Waals surface area contributed by atoms with E-state index in [2.05, 4.69) is 17.4 Å². The molecule has 0 saturated carbocycles. The van der Waals surface area contributed by atoms with Gasteiger partial charge in [-0.3, -0.25) is 9.52 Å². The van der Waals surface area contributed by atoms with Crippen molar-refractivity contribution >= 4 is 33.0 Å². The SMILES string of the molecule is C=CCN(Cc1ccc(C#N)cc1)C(=O)c1cccc(NS(=O)(=O)c2cccs2)c1. The van der Waals surface area contributed by atoms with E-state index in [1.165, 1.54) is 12.1 Å². The summed E-state index contributed by atoms with van der Waals surface area (Å²) in [6, 6.07) is 18.6. The molecule has 152 valence electrons. The third-order valence-electron chi connectivity index (χ3n) is 4.21. The van der Waals surface area contributed by atoms with Crippen molar-refractivity contribution in [3.63, 3.8) is 0 Å². The van der Waals surface area contributed by atoms with Gasteiger partial charge in [0.05, 0.1) is 11.6 Å². The summed E-state index contributed by atoms with van der Waals surface area (Å²) >= 11 is 1.12. The van der Waals surface area contributed by atoms with Crippen LogP contribution in [-0.2, 0) is 16.6 Å². The molecule has 0 aliphatic rings. The topological polar surface area (TPSA) is 90.3 Å². The van der Waals surface area contributed by atoms with E-state index >= 15 is 0 Å². The number of hydrogen-bond acceptors (Lipinski definition) is 5. The number of carbonyl (C=O) groups is 1. The molecule has 30 heavy (non-hydrogen) atoms. The van der Waals surface area contributed by atoms with Gasteiger partial charge < -0.3 is 4.90 Å². The standard InChI is InChI=1S/C22H19N3O3S2/c1-2-12-25(16-18-10-8-17(15-23)9-11-18)22(26)19-5-3-6-20(14-19)24-30(27,28)21-7-4-13-29-21/h2-11,13-14,24H,1,12,16H2. The van der Waals surface area contributed by atoms with Gasteiger partial charge >= 0.3 is 0 Å². The van der Waals surface area contributed by atoms with Gasteiger partial charge in [0.25, 0.3) is 15.9 Å². The Labute approximate surface area is 179 Å². The molecule has 3 aromatic rings. The number of carbonyl (C=O) groups excluding carboxylic acids is 1. The van der Waals surface area contributed by atoms with Gasteiger partial charge in [-0.2, -0.15) is 5.26 Å². The highest BCUT2D eigenvalue weighted by atomic mass is 32.2. The van der Waals surface area contributed by atoms with Crippen molar-refractivity contribution in [2.45, 2.75) is 10.8 Å². The molecule has 2 aromatic carbocycles. The molecule has 1 amide bonds. The third-order valence-corrected chi connectivity index (χ3v) is 6.99. The van der Waals surface area contributed by atoms with Crippen molar-refractivity contribution in [3.05, 3.63) is 95.4 Å². The number of rotatable bonds is 8. The highest BCUT2D eigenvalue weighted by Crippen LogP contribution is 2.21. The Hall–Kier alpha value is -3.41. The van der Waals surface area contributed by atoms with Crippen LogP contribution in [0.25, 0.3) is 0 Å². The van der Waals surface area contributed by atoms with E-state index in [-0.39, 0.29) is 10.1 Å². The maximum Gasteiger partial charge on any atom is 0.271 e. The fourth-order valence-corrected chi connectivity index (χ4v) is 4.84. The van der Waals surface area contributed by atoms with Gasteiger partial charge in [-0.25, -0.2) is 8.42 Å². The minimum atomic E-state index is -3.70. The van der Waals surface area contributed by atoms with E-state index in [9.17, 15) is 13.2 Å². The molecule has 0 radical (unpaired) electrons. The summed E-state index contributed by atoms with van der Waals surface area (Å²) in [5.41, 5.74) is 2.09. The molecule has 0 aliphatic heterocycles. The van der Waals surface area contributed by atoms with Crippen molar-refractivity contribution in [2.75, 3.05) is 11.3 Å². The van der Waals surface area contributed by atoms with Crippen LogP contribution in [0.1, 0.15) is 21.5 Å². The summed E-state index contributed by atoms with van der Waals surface area (Å²) in [5.74, 6) is -0.253. The molecule has 3 rings (SSSR count). The summed E-state index contributed by atoms with van der Waals surface area (Å²) in [7, 11) is -3.70. The lowest BCUT2D eigenvalue weighted by molar-refractivity contribution is 0.0762. The number of nitrogens with zero attached hydrogens (tertiary/aromatic N) is 2. The Morgan fingerprint density at radius 3 is 2.57 bits per heavy atom. The average molecular weight is 438 g/mol. The Morgan fingerprint density at radius 2 is 1.93 bits per heavy atom. The molecule has 6 nitrogen and oxygen atoms in total. The molecule has 1 heterocycles. The van der Waals surface area contributed by atoms with E-state index in [0.29, 0.717) is 29.9 Å². The van der Waals surface area contributed by atoms with Crippen LogP contribution in [0.15, 0.2) is 82.9 Å². The molecule has 0 fully saturated rings. The maximum atomic E-state index is 13.1. The molecule has 0 atom stereocenters. The van der Waals surface area contributed by atoms with Crippen LogP contribution in [0.3, 0.4) is 0 Å². The number of benzene rings is 2. The summed E-state index contributed by atoms with van der Waals surface area (Å²) < 4.78 is 27.6. The van der Waals surface area contributed by atoms with E-state index in [0.717, 1.165) is 16.9 Å². The van der Waals surface area contributed by atoms with Gasteiger partial charge in [-0.1, -0.05) is 30.3 Å². The predicted molar refractivity (Wildman–Crippen MR) is 118 cm³/mol. The second-order valence-electron chi connectivity index (χ2n) is 6.40. The van der Waals surface area contributed by atoms with Gasteiger partial charge in [0.2, 0.25) is 0 Å². The van der Waals surface area contributed by atoms with Gasteiger partial charge in [0.15, 0.2) is 0 Å². The van der Waals surface area contributed by atoms with Crippen LogP contribution in [0.4, 0.5) is 5.69 Å². The first-order chi connectivity index (χ1) is 14.4. The summed E-state index contributed by atoms with van der Waals surface area (Å²) in [4.78, 5) is 14.7. The van der Waals surface area contributed by atoms with Crippen LogP contribution in [0.5, 0.6) is 0 Å². The fourth-order valence-electron chi connectivity index (χ4n) is 2.80.